The van der Waals surface area contributed by atoms with Gasteiger partial charge in [-0.1, -0.05) is 24.6 Å². The molecule has 3 heterocycles. The van der Waals surface area contributed by atoms with Crippen LogP contribution < -0.4 is 14.7 Å². The Balaban J connectivity index is 1.44. The minimum absolute atomic E-state index is 0.537. The number of halogens is 1. The minimum atomic E-state index is 0.537. The van der Waals surface area contributed by atoms with E-state index in [2.05, 4.69) is 37.9 Å². The van der Waals surface area contributed by atoms with Crippen molar-refractivity contribution in [3.05, 3.63) is 35.5 Å². The molecule has 27 heavy (non-hydrogen) atoms. The first-order valence-corrected chi connectivity index (χ1v) is 10.3. The van der Waals surface area contributed by atoms with Crippen LogP contribution in [0.3, 0.4) is 0 Å². The highest BCUT2D eigenvalue weighted by atomic mass is 35.5. The van der Waals surface area contributed by atoms with Gasteiger partial charge in [-0.15, -0.1) is 5.10 Å². The zero-order valence-corrected chi connectivity index (χ0v) is 16.6. The largest absolute Gasteiger partial charge is 0.368 e. The number of hydrogen-bond donors (Lipinski definition) is 0. The Kier molecular flexibility index (Phi) is 5.62. The van der Waals surface area contributed by atoms with Gasteiger partial charge in [-0.2, -0.15) is 10.1 Å². The molecule has 2 aliphatic rings. The van der Waals surface area contributed by atoms with E-state index in [1.807, 2.05) is 18.2 Å². The molecule has 2 aliphatic heterocycles. The van der Waals surface area contributed by atoms with Crippen LogP contribution >= 0.6 is 11.6 Å². The van der Waals surface area contributed by atoms with Gasteiger partial charge < -0.3 is 14.7 Å². The SMILES string of the molecule is CCC1CCCCN1c1nncc(N2CCN(c3cccc(Cl)c3)CC2)n1. The van der Waals surface area contributed by atoms with Crippen molar-refractivity contribution in [3.8, 4) is 0 Å². The number of piperidine rings is 1. The van der Waals surface area contributed by atoms with Crippen LogP contribution in [0.15, 0.2) is 30.5 Å². The zero-order valence-electron chi connectivity index (χ0n) is 15.9. The second-order valence-electron chi connectivity index (χ2n) is 7.32. The number of aromatic nitrogens is 3. The van der Waals surface area contributed by atoms with E-state index in [1.54, 1.807) is 6.20 Å². The smallest absolute Gasteiger partial charge is 0.247 e. The molecule has 1 aromatic carbocycles. The third kappa shape index (κ3) is 4.10. The first-order chi connectivity index (χ1) is 13.2. The molecule has 1 aromatic heterocycles. The number of hydrogen-bond acceptors (Lipinski definition) is 6. The molecule has 0 amide bonds. The second-order valence-corrected chi connectivity index (χ2v) is 7.76. The van der Waals surface area contributed by atoms with Crippen LogP contribution in [0.5, 0.6) is 0 Å². The van der Waals surface area contributed by atoms with E-state index in [9.17, 15) is 0 Å². The summed E-state index contributed by atoms with van der Waals surface area (Å²) >= 11 is 6.14. The van der Waals surface area contributed by atoms with Crippen LogP contribution in [0.2, 0.25) is 5.02 Å². The van der Waals surface area contributed by atoms with E-state index in [0.717, 1.165) is 55.9 Å². The van der Waals surface area contributed by atoms with Gasteiger partial charge in [-0.25, -0.2) is 0 Å². The highest BCUT2D eigenvalue weighted by molar-refractivity contribution is 6.30. The predicted molar refractivity (Wildman–Crippen MR) is 111 cm³/mol. The summed E-state index contributed by atoms with van der Waals surface area (Å²) in [5.74, 6) is 1.72. The van der Waals surface area contributed by atoms with Crippen LogP contribution in [-0.2, 0) is 0 Å². The van der Waals surface area contributed by atoms with E-state index in [-0.39, 0.29) is 0 Å². The van der Waals surface area contributed by atoms with Gasteiger partial charge in [-0.3, -0.25) is 0 Å². The lowest BCUT2D eigenvalue weighted by Gasteiger charge is -2.38. The van der Waals surface area contributed by atoms with E-state index in [4.69, 9.17) is 16.6 Å². The maximum absolute atomic E-state index is 6.14. The fourth-order valence-electron chi connectivity index (χ4n) is 4.11. The number of anilines is 3. The first-order valence-electron chi connectivity index (χ1n) is 9.96. The average Bonchev–Trinajstić information content (AvgIpc) is 2.74. The molecule has 144 valence electrons. The summed E-state index contributed by atoms with van der Waals surface area (Å²) in [6, 6.07) is 8.61. The van der Waals surface area contributed by atoms with E-state index in [0.29, 0.717) is 6.04 Å². The Morgan fingerprint density at radius 1 is 1.07 bits per heavy atom. The predicted octanol–water partition coefficient (Wildman–Crippen LogP) is 3.62. The molecule has 0 radical (unpaired) electrons. The first kappa shape index (κ1) is 18.3. The fraction of sp³-hybridized carbons (Fsp3) is 0.550. The van der Waals surface area contributed by atoms with Crippen molar-refractivity contribution in [2.24, 2.45) is 0 Å². The normalized spacial score (nSPS) is 20.8. The van der Waals surface area contributed by atoms with Crippen molar-refractivity contribution in [2.45, 2.75) is 38.6 Å². The van der Waals surface area contributed by atoms with Gasteiger partial charge in [0.05, 0.1) is 6.20 Å². The second kappa shape index (κ2) is 8.30. The van der Waals surface area contributed by atoms with Crippen molar-refractivity contribution in [1.82, 2.24) is 15.2 Å². The van der Waals surface area contributed by atoms with Gasteiger partial charge >= 0.3 is 0 Å². The summed E-state index contributed by atoms with van der Waals surface area (Å²) in [6.07, 6.45) is 6.66. The summed E-state index contributed by atoms with van der Waals surface area (Å²) in [7, 11) is 0. The summed E-state index contributed by atoms with van der Waals surface area (Å²) in [4.78, 5) is 11.9. The Morgan fingerprint density at radius 3 is 2.67 bits per heavy atom. The van der Waals surface area contributed by atoms with Gasteiger partial charge in [0.25, 0.3) is 0 Å². The maximum atomic E-state index is 6.14. The van der Waals surface area contributed by atoms with Crippen molar-refractivity contribution in [2.75, 3.05) is 47.4 Å². The molecule has 0 saturated carbocycles. The number of rotatable bonds is 4. The summed E-state index contributed by atoms with van der Waals surface area (Å²) in [5.41, 5.74) is 1.18. The molecule has 2 saturated heterocycles. The lowest BCUT2D eigenvalue weighted by Crippen LogP contribution is -2.47. The van der Waals surface area contributed by atoms with Crippen LogP contribution in [0.25, 0.3) is 0 Å². The lowest BCUT2D eigenvalue weighted by atomic mass is 10.0. The van der Waals surface area contributed by atoms with Crippen LogP contribution in [-0.4, -0.2) is 53.9 Å². The van der Waals surface area contributed by atoms with Gasteiger partial charge in [0.15, 0.2) is 5.82 Å². The van der Waals surface area contributed by atoms with Crippen LogP contribution in [0.4, 0.5) is 17.5 Å². The molecule has 0 spiro atoms. The zero-order chi connectivity index (χ0) is 18.6. The maximum Gasteiger partial charge on any atom is 0.247 e. The summed E-state index contributed by atoms with van der Waals surface area (Å²) in [6.45, 7) is 7.01. The van der Waals surface area contributed by atoms with E-state index >= 15 is 0 Å². The average molecular weight is 387 g/mol. The number of benzene rings is 1. The number of piperazine rings is 1. The Hall–Kier alpha value is -2.08. The molecular weight excluding hydrogens is 360 g/mol. The highest BCUT2D eigenvalue weighted by Crippen LogP contribution is 2.26. The topological polar surface area (TPSA) is 48.4 Å². The van der Waals surface area contributed by atoms with Gasteiger partial charge in [0.1, 0.15) is 0 Å². The summed E-state index contributed by atoms with van der Waals surface area (Å²) < 4.78 is 0. The van der Waals surface area contributed by atoms with Gasteiger partial charge in [0, 0.05) is 49.5 Å². The molecular formula is C20H27ClN6. The molecule has 6 nitrogen and oxygen atoms in total. The van der Waals surface area contributed by atoms with Crippen molar-refractivity contribution in [1.29, 1.82) is 0 Å². The standard InChI is InChI=1S/C20H27ClN6/c1-2-17-7-3-4-9-27(17)20-23-19(15-22-24-20)26-12-10-25(11-13-26)18-8-5-6-16(21)14-18/h5-6,8,14-15,17H,2-4,7,9-13H2,1H3. The Bertz CT molecular complexity index is 762. The third-order valence-corrected chi connectivity index (χ3v) is 5.90. The highest BCUT2D eigenvalue weighted by Gasteiger charge is 2.25. The Morgan fingerprint density at radius 2 is 1.89 bits per heavy atom. The summed E-state index contributed by atoms with van der Waals surface area (Å²) in [5, 5.41) is 9.39. The van der Waals surface area contributed by atoms with Crippen LogP contribution in [0, 0.1) is 0 Å². The Labute approximate surface area is 166 Å². The molecule has 2 aromatic rings. The molecule has 2 fully saturated rings. The van der Waals surface area contributed by atoms with Gasteiger partial charge in [0.2, 0.25) is 5.95 Å². The van der Waals surface area contributed by atoms with Crippen LogP contribution in [0.1, 0.15) is 32.6 Å². The lowest BCUT2D eigenvalue weighted by molar-refractivity contribution is 0.441. The third-order valence-electron chi connectivity index (χ3n) is 5.67. The molecule has 0 N–H and O–H groups in total. The molecule has 1 unspecified atom stereocenters. The molecule has 0 bridgehead atoms. The monoisotopic (exact) mass is 386 g/mol. The van der Waals surface area contributed by atoms with Crippen molar-refractivity contribution < 1.29 is 0 Å². The van der Waals surface area contributed by atoms with Gasteiger partial charge in [-0.05, 0) is 43.9 Å². The number of nitrogens with zero attached hydrogens (tertiary/aromatic N) is 6. The molecule has 4 rings (SSSR count). The molecule has 0 aliphatic carbocycles. The van der Waals surface area contributed by atoms with Crippen molar-refractivity contribution in [3.63, 3.8) is 0 Å². The quantitative estimate of drug-likeness (QED) is 0.799. The van der Waals surface area contributed by atoms with Crippen molar-refractivity contribution >= 4 is 29.1 Å². The molecule has 1 atom stereocenters. The van der Waals surface area contributed by atoms with E-state index in [1.165, 1.54) is 24.9 Å². The minimum Gasteiger partial charge on any atom is -0.368 e. The fourth-order valence-corrected chi connectivity index (χ4v) is 4.30. The molecule has 7 heteroatoms. The van der Waals surface area contributed by atoms with E-state index < -0.39 is 0 Å².